The van der Waals surface area contributed by atoms with Crippen molar-refractivity contribution in [1.29, 1.82) is 0 Å². The molecule has 0 bridgehead atoms. The first-order valence-corrected chi connectivity index (χ1v) is 10.8. The first-order valence-electron chi connectivity index (χ1n) is 9.08. The molecule has 0 fully saturated rings. The second kappa shape index (κ2) is 8.10. The Morgan fingerprint density at radius 3 is 2.56 bits per heavy atom. The van der Waals surface area contributed by atoms with E-state index in [2.05, 4.69) is 31.7 Å². The molecule has 1 aliphatic heterocycles. The van der Waals surface area contributed by atoms with Gasteiger partial charge in [0.25, 0.3) is 5.91 Å². The van der Waals surface area contributed by atoms with E-state index in [9.17, 15) is 31.1 Å². The number of thiophene rings is 1. The van der Waals surface area contributed by atoms with Crippen molar-refractivity contribution in [2.24, 2.45) is 0 Å². The van der Waals surface area contributed by atoms with Crippen LogP contribution in [0.1, 0.15) is 39.4 Å². The van der Waals surface area contributed by atoms with Gasteiger partial charge in [-0.2, -0.15) is 31.4 Å². The molecule has 3 heterocycles. The third-order valence-corrected chi connectivity index (χ3v) is 6.58. The molecule has 5 nitrogen and oxygen atoms in total. The minimum absolute atomic E-state index is 0.0162. The topological polar surface area (TPSA) is 59.0 Å². The van der Waals surface area contributed by atoms with Gasteiger partial charge in [-0.3, -0.25) is 4.79 Å². The molecule has 0 aliphatic carbocycles. The van der Waals surface area contributed by atoms with E-state index in [0.717, 1.165) is 18.2 Å². The van der Waals surface area contributed by atoms with Gasteiger partial charge in [-0.25, -0.2) is 4.68 Å². The van der Waals surface area contributed by atoms with Crippen molar-refractivity contribution >= 4 is 44.7 Å². The summed E-state index contributed by atoms with van der Waals surface area (Å²) in [6.45, 7) is 0. The van der Waals surface area contributed by atoms with Crippen LogP contribution >= 0.6 is 27.3 Å². The summed E-state index contributed by atoms with van der Waals surface area (Å²) in [6, 6.07) is 4.70. The highest BCUT2D eigenvalue weighted by Crippen LogP contribution is 2.47. The van der Waals surface area contributed by atoms with Crippen molar-refractivity contribution < 1.29 is 31.1 Å². The number of halogens is 7. The van der Waals surface area contributed by atoms with Crippen LogP contribution in [0.15, 0.2) is 46.3 Å². The Hall–Kier alpha value is -2.54. The molecule has 2 aromatic heterocycles. The van der Waals surface area contributed by atoms with Crippen LogP contribution in [0.25, 0.3) is 0 Å². The number of aromatic nitrogens is 2. The molecular weight excluding hydrogens is 526 g/mol. The van der Waals surface area contributed by atoms with Crippen molar-refractivity contribution in [2.45, 2.75) is 30.9 Å². The van der Waals surface area contributed by atoms with Crippen LogP contribution in [0, 0.1) is 0 Å². The minimum atomic E-state index is -4.63. The summed E-state index contributed by atoms with van der Waals surface area (Å²) in [5.74, 6) is -0.986. The van der Waals surface area contributed by atoms with Crippen molar-refractivity contribution in [3.8, 4) is 0 Å². The molecule has 2 N–H and O–H groups in total. The van der Waals surface area contributed by atoms with Crippen molar-refractivity contribution in [2.75, 3.05) is 10.6 Å². The maximum absolute atomic E-state index is 13.8. The number of anilines is 2. The second-order valence-corrected chi connectivity index (χ2v) is 8.77. The average molecular weight is 539 g/mol. The first kappa shape index (κ1) is 22.6. The maximum Gasteiger partial charge on any atom is 0.416 e. The van der Waals surface area contributed by atoms with Crippen LogP contribution in [0.5, 0.6) is 0 Å². The molecule has 2 atom stereocenters. The fourth-order valence-electron chi connectivity index (χ4n) is 3.37. The molecular formula is C19H13BrF6N4OS. The highest BCUT2D eigenvalue weighted by Gasteiger charge is 2.48. The van der Waals surface area contributed by atoms with Gasteiger partial charge in [0.2, 0.25) is 0 Å². The molecule has 13 heteroatoms. The van der Waals surface area contributed by atoms with Gasteiger partial charge in [0.1, 0.15) is 5.82 Å². The Kier molecular flexibility index (Phi) is 5.74. The van der Waals surface area contributed by atoms with E-state index in [1.165, 1.54) is 17.4 Å². The number of carbonyl (C=O) groups is 1. The lowest BCUT2D eigenvalue weighted by Crippen LogP contribution is -2.35. The largest absolute Gasteiger partial charge is 0.416 e. The lowest BCUT2D eigenvalue weighted by molar-refractivity contribution is -0.173. The zero-order chi connectivity index (χ0) is 23.3. The van der Waals surface area contributed by atoms with E-state index in [1.54, 1.807) is 17.5 Å². The number of fused-ring (bicyclic) bond motifs is 1. The van der Waals surface area contributed by atoms with Crippen molar-refractivity contribution in [1.82, 2.24) is 9.78 Å². The van der Waals surface area contributed by atoms with Gasteiger partial charge < -0.3 is 10.6 Å². The number of alkyl halides is 6. The summed E-state index contributed by atoms with van der Waals surface area (Å²) in [5.41, 5.74) is -1.53. The quantitative estimate of drug-likeness (QED) is 0.367. The van der Waals surface area contributed by atoms with E-state index in [0.29, 0.717) is 9.56 Å². The lowest BCUT2D eigenvalue weighted by Gasteiger charge is -2.33. The summed E-state index contributed by atoms with van der Waals surface area (Å²) in [4.78, 5) is 13.4. The van der Waals surface area contributed by atoms with Crippen molar-refractivity contribution in [3.63, 3.8) is 0 Å². The van der Waals surface area contributed by atoms with Gasteiger partial charge in [-0.1, -0.05) is 12.1 Å². The van der Waals surface area contributed by atoms with Crippen LogP contribution in [0.4, 0.5) is 37.8 Å². The Morgan fingerprint density at radius 2 is 1.94 bits per heavy atom. The smallest absolute Gasteiger partial charge is 0.362 e. The van der Waals surface area contributed by atoms with Crippen LogP contribution in [-0.4, -0.2) is 21.9 Å². The molecule has 3 aromatic rings. The van der Waals surface area contributed by atoms with Gasteiger partial charge in [-0.15, -0.1) is 11.3 Å². The van der Waals surface area contributed by atoms with Crippen LogP contribution in [0.3, 0.4) is 0 Å². The standard InChI is InChI=1S/C19H13BrF6N4OS/c20-14-15(17(31)27-10-4-1-3-9(7-10)18(21,22)23)29-30-13(19(24,25)26)8-11(28-16(14)30)12-5-2-6-32-12/h1-7,11,13,28H,8H2,(H,27,31)/t11-,13+/m1/s1. The lowest BCUT2D eigenvalue weighted by atomic mass is 10.0. The molecule has 0 saturated heterocycles. The van der Waals surface area contributed by atoms with Gasteiger partial charge in [-0.05, 0) is 45.6 Å². The van der Waals surface area contributed by atoms with E-state index in [4.69, 9.17) is 0 Å². The summed E-state index contributed by atoms with van der Waals surface area (Å²) < 4.78 is 80.7. The van der Waals surface area contributed by atoms with Gasteiger partial charge in [0, 0.05) is 17.0 Å². The van der Waals surface area contributed by atoms with E-state index in [-0.39, 0.29) is 28.1 Å². The molecule has 0 radical (unpaired) electrons. The Balaban J connectivity index is 1.67. The Bertz CT molecular complexity index is 1140. The molecule has 170 valence electrons. The molecule has 1 amide bonds. The zero-order valence-electron chi connectivity index (χ0n) is 15.8. The molecule has 0 saturated carbocycles. The first-order chi connectivity index (χ1) is 14.9. The van der Waals surface area contributed by atoms with Crippen LogP contribution < -0.4 is 10.6 Å². The number of hydrogen-bond acceptors (Lipinski definition) is 4. The molecule has 1 aliphatic rings. The Morgan fingerprint density at radius 1 is 1.19 bits per heavy atom. The van der Waals surface area contributed by atoms with Crippen LogP contribution in [0.2, 0.25) is 0 Å². The number of benzene rings is 1. The third kappa shape index (κ3) is 4.35. The zero-order valence-corrected chi connectivity index (χ0v) is 18.2. The van der Waals surface area contributed by atoms with Crippen molar-refractivity contribution in [3.05, 3.63) is 62.4 Å². The second-order valence-electron chi connectivity index (χ2n) is 6.99. The fraction of sp³-hybridized carbons (Fsp3) is 0.263. The summed E-state index contributed by atoms with van der Waals surface area (Å²) in [5, 5.41) is 10.8. The normalized spacial score (nSPS) is 18.7. The fourth-order valence-corrected chi connectivity index (χ4v) is 4.72. The summed E-state index contributed by atoms with van der Waals surface area (Å²) >= 11 is 4.43. The molecule has 32 heavy (non-hydrogen) atoms. The van der Waals surface area contributed by atoms with Crippen LogP contribution in [-0.2, 0) is 6.18 Å². The number of amides is 1. The molecule has 0 unspecified atom stereocenters. The van der Waals surface area contributed by atoms with Gasteiger partial charge in [0.15, 0.2) is 11.7 Å². The number of nitrogens with zero attached hydrogens (tertiary/aromatic N) is 2. The third-order valence-electron chi connectivity index (χ3n) is 4.85. The van der Waals surface area contributed by atoms with Gasteiger partial charge in [0.05, 0.1) is 16.1 Å². The highest BCUT2D eigenvalue weighted by atomic mass is 79.9. The predicted octanol–water partition coefficient (Wildman–Crippen LogP) is 6.64. The van der Waals surface area contributed by atoms with E-state index < -0.39 is 35.9 Å². The number of carbonyl (C=O) groups excluding carboxylic acids is 1. The number of rotatable bonds is 3. The summed E-state index contributed by atoms with van der Waals surface area (Å²) in [6.07, 6.45) is -9.58. The molecule has 0 spiro atoms. The van der Waals surface area contributed by atoms with E-state index >= 15 is 0 Å². The number of hydrogen-bond donors (Lipinski definition) is 2. The van der Waals surface area contributed by atoms with E-state index in [1.807, 2.05) is 0 Å². The minimum Gasteiger partial charge on any atom is -0.362 e. The summed E-state index contributed by atoms with van der Waals surface area (Å²) in [7, 11) is 0. The Labute approximate surface area is 189 Å². The molecule has 1 aromatic carbocycles. The maximum atomic E-state index is 13.8. The SMILES string of the molecule is O=C(Nc1cccc(C(F)(F)F)c1)c1nn2c(c1Br)N[C@@H](c1cccs1)C[C@H]2C(F)(F)F. The monoisotopic (exact) mass is 538 g/mol. The highest BCUT2D eigenvalue weighted by molar-refractivity contribution is 9.10. The average Bonchev–Trinajstić information content (AvgIpc) is 3.35. The van der Waals surface area contributed by atoms with Gasteiger partial charge >= 0.3 is 12.4 Å². The number of nitrogens with one attached hydrogen (secondary N) is 2. The predicted molar refractivity (Wildman–Crippen MR) is 110 cm³/mol. The molecule has 4 rings (SSSR count).